The number of aryl methyl sites for hydroxylation is 1. The highest BCUT2D eigenvalue weighted by Gasteiger charge is 2.35. The molecular formula is C17H26N2. The maximum absolute atomic E-state index is 3.72. The summed E-state index contributed by atoms with van der Waals surface area (Å²) in [5.74, 6) is 0.956. The highest BCUT2D eigenvalue weighted by Crippen LogP contribution is 2.34. The number of hydrogen-bond donors (Lipinski definition) is 1. The molecule has 0 aromatic heterocycles. The molecule has 0 bridgehead atoms. The number of piperazine rings is 1. The molecule has 3 rings (SSSR count). The van der Waals surface area contributed by atoms with Gasteiger partial charge in [-0.3, -0.25) is 4.90 Å². The van der Waals surface area contributed by atoms with Crippen LogP contribution in [0.15, 0.2) is 24.3 Å². The van der Waals surface area contributed by atoms with Crippen molar-refractivity contribution in [3.63, 3.8) is 0 Å². The van der Waals surface area contributed by atoms with Crippen LogP contribution in [0.3, 0.4) is 0 Å². The predicted molar refractivity (Wildman–Crippen MR) is 80.2 cm³/mol. The first-order valence-corrected chi connectivity index (χ1v) is 7.81. The molecule has 1 aliphatic carbocycles. The van der Waals surface area contributed by atoms with Crippen molar-refractivity contribution in [2.45, 2.75) is 51.7 Å². The van der Waals surface area contributed by atoms with Gasteiger partial charge in [-0.1, -0.05) is 31.2 Å². The van der Waals surface area contributed by atoms with Crippen LogP contribution in [0.25, 0.3) is 0 Å². The average molecular weight is 258 g/mol. The van der Waals surface area contributed by atoms with Crippen LogP contribution in [0, 0.1) is 5.92 Å². The molecule has 104 valence electrons. The van der Waals surface area contributed by atoms with Gasteiger partial charge in [0.25, 0.3) is 0 Å². The number of nitrogens with one attached hydrogen (secondary N) is 1. The van der Waals surface area contributed by atoms with Gasteiger partial charge in [-0.05, 0) is 43.2 Å². The van der Waals surface area contributed by atoms with Crippen molar-refractivity contribution in [1.29, 1.82) is 0 Å². The van der Waals surface area contributed by atoms with E-state index >= 15 is 0 Å². The zero-order valence-electron chi connectivity index (χ0n) is 12.2. The van der Waals surface area contributed by atoms with Crippen LogP contribution in [0.4, 0.5) is 0 Å². The molecule has 1 aliphatic heterocycles. The summed E-state index contributed by atoms with van der Waals surface area (Å²) in [6.07, 6.45) is 4.00. The summed E-state index contributed by atoms with van der Waals surface area (Å²) >= 11 is 0. The van der Waals surface area contributed by atoms with Gasteiger partial charge < -0.3 is 5.32 Å². The third-order valence-corrected chi connectivity index (χ3v) is 4.74. The van der Waals surface area contributed by atoms with Crippen LogP contribution < -0.4 is 5.32 Å². The number of benzene rings is 1. The Hall–Kier alpha value is -0.860. The van der Waals surface area contributed by atoms with Gasteiger partial charge in [0.15, 0.2) is 0 Å². The van der Waals surface area contributed by atoms with Crippen LogP contribution in [0.5, 0.6) is 0 Å². The van der Waals surface area contributed by atoms with E-state index in [2.05, 4.69) is 48.3 Å². The van der Waals surface area contributed by atoms with Gasteiger partial charge in [0.05, 0.1) is 0 Å². The van der Waals surface area contributed by atoms with E-state index in [9.17, 15) is 0 Å². The van der Waals surface area contributed by atoms with Crippen molar-refractivity contribution in [3.05, 3.63) is 35.4 Å². The highest BCUT2D eigenvalue weighted by molar-refractivity contribution is 5.22. The molecule has 1 aromatic carbocycles. The Kier molecular flexibility index (Phi) is 3.90. The van der Waals surface area contributed by atoms with Crippen molar-refractivity contribution >= 4 is 0 Å². The number of rotatable bonds is 4. The van der Waals surface area contributed by atoms with E-state index in [4.69, 9.17) is 0 Å². The molecule has 1 saturated carbocycles. The lowest BCUT2D eigenvalue weighted by Gasteiger charge is -2.39. The maximum atomic E-state index is 3.72. The molecule has 1 heterocycles. The van der Waals surface area contributed by atoms with Crippen LogP contribution in [-0.4, -0.2) is 30.1 Å². The number of hydrogen-bond acceptors (Lipinski definition) is 2. The lowest BCUT2D eigenvalue weighted by molar-refractivity contribution is 0.125. The Labute approximate surface area is 117 Å². The highest BCUT2D eigenvalue weighted by atomic mass is 15.2. The van der Waals surface area contributed by atoms with Gasteiger partial charge in [0, 0.05) is 31.7 Å². The van der Waals surface area contributed by atoms with E-state index in [1.807, 2.05) is 0 Å². The van der Waals surface area contributed by atoms with Crippen molar-refractivity contribution in [2.75, 3.05) is 13.1 Å². The molecule has 2 unspecified atom stereocenters. The zero-order valence-corrected chi connectivity index (χ0v) is 12.2. The Balaban J connectivity index is 1.62. The first-order chi connectivity index (χ1) is 9.26. The van der Waals surface area contributed by atoms with Gasteiger partial charge in [-0.15, -0.1) is 0 Å². The molecule has 1 aromatic rings. The Morgan fingerprint density at radius 3 is 2.47 bits per heavy atom. The quantitative estimate of drug-likeness (QED) is 0.893. The molecule has 0 radical (unpaired) electrons. The van der Waals surface area contributed by atoms with Crippen LogP contribution in [0.2, 0.25) is 0 Å². The molecule has 2 heteroatoms. The molecule has 1 saturated heterocycles. The smallest absolute Gasteiger partial charge is 0.0237 e. The Bertz CT molecular complexity index is 408. The van der Waals surface area contributed by atoms with E-state index in [0.29, 0.717) is 6.04 Å². The molecule has 19 heavy (non-hydrogen) atoms. The second kappa shape index (κ2) is 5.64. The molecule has 0 amide bonds. The average Bonchev–Trinajstić information content (AvgIpc) is 3.27. The minimum Gasteiger partial charge on any atom is -0.311 e. The van der Waals surface area contributed by atoms with Gasteiger partial charge in [-0.25, -0.2) is 0 Å². The summed E-state index contributed by atoms with van der Waals surface area (Å²) in [7, 11) is 0. The summed E-state index contributed by atoms with van der Waals surface area (Å²) in [5, 5.41) is 3.72. The van der Waals surface area contributed by atoms with Crippen molar-refractivity contribution in [2.24, 2.45) is 5.92 Å². The van der Waals surface area contributed by atoms with E-state index in [1.165, 1.54) is 30.5 Å². The third kappa shape index (κ3) is 3.18. The maximum Gasteiger partial charge on any atom is 0.0237 e. The van der Waals surface area contributed by atoms with Crippen LogP contribution in [0.1, 0.15) is 37.8 Å². The molecule has 2 aliphatic rings. The summed E-state index contributed by atoms with van der Waals surface area (Å²) in [5.41, 5.74) is 2.90. The fourth-order valence-electron chi connectivity index (χ4n) is 3.10. The van der Waals surface area contributed by atoms with Gasteiger partial charge in [-0.2, -0.15) is 0 Å². The largest absolute Gasteiger partial charge is 0.311 e. The van der Waals surface area contributed by atoms with E-state index in [0.717, 1.165) is 31.5 Å². The third-order valence-electron chi connectivity index (χ3n) is 4.74. The summed E-state index contributed by atoms with van der Waals surface area (Å²) in [6.45, 7) is 8.04. The van der Waals surface area contributed by atoms with Gasteiger partial charge in [0.2, 0.25) is 0 Å². The first kappa shape index (κ1) is 13.1. The topological polar surface area (TPSA) is 15.3 Å². The lowest BCUT2D eigenvalue weighted by atomic mass is 10.0. The molecule has 0 spiro atoms. The molecular weight excluding hydrogens is 232 g/mol. The lowest BCUT2D eigenvalue weighted by Crippen LogP contribution is -2.55. The normalized spacial score (nSPS) is 28.5. The predicted octanol–water partition coefficient (Wildman–Crippen LogP) is 2.82. The second-order valence-corrected chi connectivity index (χ2v) is 6.30. The second-order valence-electron chi connectivity index (χ2n) is 6.30. The molecule has 2 atom stereocenters. The zero-order chi connectivity index (χ0) is 13.2. The Morgan fingerprint density at radius 1 is 1.16 bits per heavy atom. The van der Waals surface area contributed by atoms with E-state index in [1.54, 1.807) is 0 Å². The summed E-state index contributed by atoms with van der Waals surface area (Å²) in [4.78, 5) is 2.65. The van der Waals surface area contributed by atoms with Gasteiger partial charge in [0.1, 0.15) is 0 Å². The van der Waals surface area contributed by atoms with Crippen LogP contribution in [-0.2, 0) is 13.0 Å². The minimum atomic E-state index is 0.654. The van der Waals surface area contributed by atoms with E-state index < -0.39 is 0 Å². The monoisotopic (exact) mass is 258 g/mol. The minimum absolute atomic E-state index is 0.654. The van der Waals surface area contributed by atoms with Crippen LogP contribution >= 0.6 is 0 Å². The van der Waals surface area contributed by atoms with Crippen molar-refractivity contribution in [3.8, 4) is 0 Å². The fraction of sp³-hybridized carbons (Fsp3) is 0.647. The van der Waals surface area contributed by atoms with Gasteiger partial charge >= 0.3 is 0 Å². The fourth-order valence-corrected chi connectivity index (χ4v) is 3.10. The van der Waals surface area contributed by atoms with Crippen molar-refractivity contribution < 1.29 is 0 Å². The number of nitrogens with zero attached hydrogens (tertiary/aromatic N) is 1. The molecule has 1 N–H and O–H groups in total. The first-order valence-electron chi connectivity index (χ1n) is 7.81. The van der Waals surface area contributed by atoms with E-state index in [-0.39, 0.29) is 0 Å². The molecule has 2 nitrogen and oxygen atoms in total. The SMILES string of the molecule is CCc1ccc(CN2CC(C3CC3)NCC2C)cc1. The summed E-state index contributed by atoms with van der Waals surface area (Å²) in [6, 6.07) is 10.6. The molecule has 2 fully saturated rings. The van der Waals surface area contributed by atoms with Crippen molar-refractivity contribution in [1.82, 2.24) is 10.2 Å². The summed E-state index contributed by atoms with van der Waals surface area (Å²) < 4.78 is 0. The standard InChI is InChI=1S/C17H26N2/c1-3-14-4-6-15(7-5-14)11-19-12-17(16-8-9-16)18-10-13(19)2/h4-7,13,16-18H,3,8-12H2,1-2H3. The Morgan fingerprint density at radius 2 is 1.84 bits per heavy atom.